The quantitative estimate of drug-likeness (QED) is 0.791. The number of sulfonamides is 1. The fraction of sp³-hybridized carbons (Fsp3) is 0.353. The molecule has 0 aliphatic rings. The first kappa shape index (κ1) is 18.6. The van der Waals surface area contributed by atoms with Gasteiger partial charge in [-0.3, -0.25) is 4.79 Å². The number of carbonyl (C=O) groups excluding carboxylic acids is 1. The Balaban J connectivity index is 2.07. The van der Waals surface area contributed by atoms with Crippen LogP contribution in [0.15, 0.2) is 36.4 Å². The standard InChI is InChI=1S/C17H22N2O3S2/c1-12(2)19-24(21,22)11-15-7-5-4-6-14(15)10-18-17(20)16-9-8-13(3)23-16/h4-9,12,19H,10-11H2,1-3H3,(H,18,20). The zero-order valence-electron chi connectivity index (χ0n) is 14.0. The molecule has 0 saturated carbocycles. The van der Waals surface area contributed by atoms with E-state index in [2.05, 4.69) is 10.0 Å². The van der Waals surface area contributed by atoms with Crippen LogP contribution in [0.1, 0.15) is 39.5 Å². The van der Waals surface area contributed by atoms with Crippen LogP contribution >= 0.6 is 11.3 Å². The molecule has 2 aromatic rings. The summed E-state index contributed by atoms with van der Waals surface area (Å²) in [6, 6.07) is 10.8. The van der Waals surface area contributed by atoms with Crippen molar-refractivity contribution in [3.05, 3.63) is 57.3 Å². The van der Waals surface area contributed by atoms with Crippen molar-refractivity contribution >= 4 is 27.3 Å². The molecule has 0 fully saturated rings. The summed E-state index contributed by atoms with van der Waals surface area (Å²) in [4.78, 5) is 13.9. The maximum atomic E-state index is 12.1. The molecule has 5 nitrogen and oxygen atoms in total. The highest BCUT2D eigenvalue weighted by atomic mass is 32.2. The number of nitrogens with one attached hydrogen (secondary N) is 2. The Kier molecular flexibility index (Phi) is 6.15. The van der Waals surface area contributed by atoms with Gasteiger partial charge in [-0.05, 0) is 44.0 Å². The largest absolute Gasteiger partial charge is 0.347 e. The third-order valence-electron chi connectivity index (χ3n) is 3.28. The zero-order chi connectivity index (χ0) is 17.7. The van der Waals surface area contributed by atoms with E-state index in [1.165, 1.54) is 11.3 Å². The number of amides is 1. The first-order valence-electron chi connectivity index (χ1n) is 7.68. The number of benzene rings is 1. The molecule has 1 heterocycles. The Morgan fingerprint density at radius 3 is 2.38 bits per heavy atom. The predicted molar refractivity (Wildman–Crippen MR) is 97.6 cm³/mol. The van der Waals surface area contributed by atoms with Crippen molar-refractivity contribution < 1.29 is 13.2 Å². The maximum absolute atomic E-state index is 12.1. The molecule has 1 aromatic carbocycles. The molecule has 24 heavy (non-hydrogen) atoms. The van der Waals surface area contributed by atoms with E-state index in [-0.39, 0.29) is 17.7 Å². The van der Waals surface area contributed by atoms with Crippen molar-refractivity contribution in [1.82, 2.24) is 10.0 Å². The van der Waals surface area contributed by atoms with Gasteiger partial charge in [-0.2, -0.15) is 0 Å². The molecule has 0 bridgehead atoms. The fourth-order valence-electron chi connectivity index (χ4n) is 2.30. The van der Waals surface area contributed by atoms with Gasteiger partial charge in [0, 0.05) is 17.5 Å². The minimum Gasteiger partial charge on any atom is -0.347 e. The fourth-order valence-corrected chi connectivity index (χ4v) is 4.57. The third-order valence-corrected chi connectivity index (χ3v) is 5.80. The van der Waals surface area contributed by atoms with Crippen molar-refractivity contribution in [3.63, 3.8) is 0 Å². The molecule has 0 unspecified atom stereocenters. The summed E-state index contributed by atoms with van der Waals surface area (Å²) >= 11 is 1.43. The minimum absolute atomic E-state index is 0.102. The van der Waals surface area contributed by atoms with Crippen LogP contribution in [-0.4, -0.2) is 20.4 Å². The van der Waals surface area contributed by atoms with Crippen molar-refractivity contribution in [3.8, 4) is 0 Å². The molecule has 130 valence electrons. The smallest absolute Gasteiger partial charge is 0.261 e. The van der Waals surface area contributed by atoms with Gasteiger partial charge in [0.25, 0.3) is 5.91 Å². The number of rotatable bonds is 7. The summed E-state index contributed by atoms with van der Waals surface area (Å²) < 4.78 is 26.8. The maximum Gasteiger partial charge on any atom is 0.261 e. The van der Waals surface area contributed by atoms with Crippen LogP contribution in [0.25, 0.3) is 0 Å². The van der Waals surface area contributed by atoms with Crippen LogP contribution in [0.2, 0.25) is 0 Å². The molecule has 2 rings (SSSR count). The molecule has 0 aliphatic carbocycles. The summed E-state index contributed by atoms with van der Waals surface area (Å²) in [7, 11) is -3.40. The molecule has 0 aliphatic heterocycles. The van der Waals surface area contributed by atoms with E-state index in [0.717, 1.165) is 10.4 Å². The second-order valence-electron chi connectivity index (χ2n) is 5.89. The predicted octanol–water partition coefficient (Wildman–Crippen LogP) is 2.81. The van der Waals surface area contributed by atoms with E-state index in [1.807, 2.05) is 25.1 Å². The highest BCUT2D eigenvalue weighted by Crippen LogP contribution is 2.16. The van der Waals surface area contributed by atoms with Crippen LogP contribution in [0.3, 0.4) is 0 Å². The Labute approximate surface area is 147 Å². The van der Waals surface area contributed by atoms with Gasteiger partial charge in [0.15, 0.2) is 0 Å². The number of thiophene rings is 1. The topological polar surface area (TPSA) is 75.3 Å². The van der Waals surface area contributed by atoms with E-state index < -0.39 is 10.0 Å². The number of hydrogen-bond acceptors (Lipinski definition) is 4. The lowest BCUT2D eigenvalue weighted by atomic mass is 10.1. The van der Waals surface area contributed by atoms with Crippen LogP contribution in [0, 0.1) is 6.92 Å². The number of carbonyl (C=O) groups is 1. The molecule has 1 aromatic heterocycles. The van der Waals surface area contributed by atoms with E-state index in [9.17, 15) is 13.2 Å². The van der Waals surface area contributed by atoms with E-state index in [0.29, 0.717) is 17.0 Å². The summed E-state index contributed by atoms with van der Waals surface area (Å²) in [6.45, 7) is 5.81. The van der Waals surface area contributed by atoms with Crippen LogP contribution in [0.4, 0.5) is 0 Å². The zero-order valence-corrected chi connectivity index (χ0v) is 15.6. The molecule has 0 radical (unpaired) electrons. The van der Waals surface area contributed by atoms with Gasteiger partial charge in [0.05, 0.1) is 10.6 Å². The lowest BCUT2D eigenvalue weighted by Crippen LogP contribution is -2.31. The third kappa shape index (κ3) is 5.43. The Hall–Kier alpha value is -1.70. The van der Waals surface area contributed by atoms with Gasteiger partial charge in [0.1, 0.15) is 0 Å². The lowest BCUT2D eigenvalue weighted by Gasteiger charge is -2.13. The van der Waals surface area contributed by atoms with Gasteiger partial charge >= 0.3 is 0 Å². The lowest BCUT2D eigenvalue weighted by molar-refractivity contribution is 0.0955. The highest BCUT2D eigenvalue weighted by molar-refractivity contribution is 7.88. The molecule has 1 amide bonds. The highest BCUT2D eigenvalue weighted by Gasteiger charge is 2.16. The van der Waals surface area contributed by atoms with E-state index in [4.69, 9.17) is 0 Å². The van der Waals surface area contributed by atoms with Crippen LogP contribution in [-0.2, 0) is 22.3 Å². The summed E-state index contributed by atoms with van der Waals surface area (Å²) in [5.74, 6) is -0.249. The summed E-state index contributed by atoms with van der Waals surface area (Å²) in [5.41, 5.74) is 1.49. The van der Waals surface area contributed by atoms with Gasteiger partial charge < -0.3 is 5.32 Å². The molecule has 0 atom stereocenters. The summed E-state index contributed by atoms with van der Waals surface area (Å²) in [5, 5.41) is 2.85. The van der Waals surface area contributed by atoms with E-state index in [1.54, 1.807) is 32.0 Å². The average Bonchev–Trinajstić information content (AvgIpc) is 2.91. The van der Waals surface area contributed by atoms with Gasteiger partial charge in [-0.25, -0.2) is 13.1 Å². The molecule has 0 spiro atoms. The first-order chi connectivity index (χ1) is 11.3. The molecular weight excluding hydrogens is 344 g/mol. The second kappa shape index (κ2) is 7.92. The number of aryl methyl sites for hydroxylation is 1. The second-order valence-corrected chi connectivity index (χ2v) is 8.94. The van der Waals surface area contributed by atoms with Crippen LogP contribution in [0.5, 0.6) is 0 Å². The van der Waals surface area contributed by atoms with Gasteiger partial charge in [-0.15, -0.1) is 11.3 Å². The van der Waals surface area contributed by atoms with Crippen LogP contribution < -0.4 is 10.0 Å². The first-order valence-corrected chi connectivity index (χ1v) is 10.1. The summed E-state index contributed by atoms with van der Waals surface area (Å²) in [6.07, 6.45) is 0. The minimum atomic E-state index is -3.40. The van der Waals surface area contributed by atoms with Crippen molar-refractivity contribution in [2.45, 2.75) is 39.1 Å². The molecular formula is C17H22N2O3S2. The average molecular weight is 367 g/mol. The molecule has 0 saturated heterocycles. The van der Waals surface area contributed by atoms with Crippen molar-refractivity contribution in [2.75, 3.05) is 0 Å². The Bertz CT molecular complexity index is 811. The normalized spacial score (nSPS) is 11.7. The monoisotopic (exact) mass is 366 g/mol. The van der Waals surface area contributed by atoms with E-state index >= 15 is 0 Å². The molecule has 2 N–H and O–H groups in total. The van der Waals surface area contributed by atoms with Crippen molar-refractivity contribution in [2.24, 2.45) is 0 Å². The van der Waals surface area contributed by atoms with Gasteiger partial charge in [0.2, 0.25) is 10.0 Å². The Morgan fingerprint density at radius 2 is 1.79 bits per heavy atom. The SMILES string of the molecule is Cc1ccc(C(=O)NCc2ccccc2CS(=O)(=O)NC(C)C)s1. The Morgan fingerprint density at radius 1 is 1.12 bits per heavy atom. The van der Waals surface area contributed by atoms with Crippen molar-refractivity contribution in [1.29, 1.82) is 0 Å². The van der Waals surface area contributed by atoms with Gasteiger partial charge in [-0.1, -0.05) is 24.3 Å². The molecule has 7 heteroatoms. The number of hydrogen-bond donors (Lipinski definition) is 2.